The number of hydrogen-bond donors (Lipinski definition) is 1. The quantitative estimate of drug-likeness (QED) is 0.895. The lowest BCUT2D eigenvalue weighted by atomic mass is 9.89. The third-order valence-electron chi connectivity index (χ3n) is 4.45. The van der Waals surface area contributed by atoms with Gasteiger partial charge in [-0.25, -0.2) is 9.97 Å². The van der Waals surface area contributed by atoms with Crippen molar-refractivity contribution in [1.82, 2.24) is 9.97 Å². The third-order valence-corrected chi connectivity index (χ3v) is 4.45. The van der Waals surface area contributed by atoms with Crippen LogP contribution in [0.1, 0.15) is 50.8 Å². The number of rotatable bonds is 5. The molecule has 1 N–H and O–H groups in total. The average Bonchev–Trinajstić information content (AvgIpc) is 2.45. The molecule has 0 spiro atoms. The highest BCUT2D eigenvalue weighted by Crippen LogP contribution is 2.26. The third kappa shape index (κ3) is 3.69. The molecule has 4 nitrogen and oxygen atoms in total. The Morgan fingerprint density at radius 3 is 2.75 bits per heavy atom. The monoisotopic (exact) mass is 277 g/mol. The van der Waals surface area contributed by atoms with Crippen molar-refractivity contribution in [2.75, 3.05) is 11.9 Å². The average molecular weight is 277 g/mol. The summed E-state index contributed by atoms with van der Waals surface area (Å²) in [6.45, 7) is 9.40. The SMILES string of the molecule is CCC(CC)C1CC(Nc2ncc(C)c(C)n2)CCO1. The molecule has 0 bridgehead atoms. The van der Waals surface area contributed by atoms with E-state index in [1.165, 1.54) is 12.8 Å². The Kier molecular flexibility index (Phi) is 5.35. The molecule has 1 saturated heterocycles. The lowest BCUT2D eigenvalue weighted by Crippen LogP contribution is -2.38. The van der Waals surface area contributed by atoms with Crippen molar-refractivity contribution < 1.29 is 4.74 Å². The summed E-state index contributed by atoms with van der Waals surface area (Å²) in [5, 5.41) is 3.48. The Morgan fingerprint density at radius 2 is 2.10 bits per heavy atom. The van der Waals surface area contributed by atoms with E-state index in [1.807, 2.05) is 20.0 Å². The van der Waals surface area contributed by atoms with Crippen LogP contribution in [0.25, 0.3) is 0 Å². The second-order valence-corrected chi connectivity index (χ2v) is 5.81. The molecule has 4 heteroatoms. The molecule has 1 aromatic rings. The molecule has 0 aliphatic carbocycles. The van der Waals surface area contributed by atoms with Crippen LogP contribution in [-0.2, 0) is 4.74 Å². The van der Waals surface area contributed by atoms with Crippen LogP contribution in [0.3, 0.4) is 0 Å². The molecule has 2 atom stereocenters. The summed E-state index contributed by atoms with van der Waals surface area (Å²) in [6.07, 6.45) is 6.74. The number of anilines is 1. The minimum absolute atomic E-state index is 0.378. The van der Waals surface area contributed by atoms with Crippen LogP contribution < -0.4 is 5.32 Å². The predicted octanol–water partition coefficient (Wildman–Crippen LogP) is 3.49. The van der Waals surface area contributed by atoms with Gasteiger partial charge in [-0.2, -0.15) is 0 Å². The van der Waals surface area contributed by atoms with Gasteiger partial charge in [0.2, 0.25) is 5.95 Å². The van der Waals surface area contributed by atoms with Gasteiger partial charge >= 0.3 is 0 Å². The summed E-state index contributed by atoms with van der Waals surface area (Å²) < 4.78 is 5.95. The summed E-state index contributed by atoms with van der Waals surface area (Å²) >= 11 is 0. The minimum Gasteiger partial charge on any atom is -0.378 e. The molecular formula is C16H27N3O. The standard InChI is InChI=1S/C16H27N3O/c1-5-13(6-2)15-9-14(7-8-20-15)19-16-17-10-11(3)12(4)18-16/h10,13-15H,5-9H2,1-4H3,(H,17,18,19). The normalized spacial score (nSPS) is 23.1. The fraction of sp³-hybridized carbons (Fsp3) is 0.750. The van der Waals surface area contributed by atoms with Gasteiger partial charge in [0.25, 0.3) is 0 Å². The lowest BCUT2D eigenvalue weighted by molar-refractivity contribution is -0.0271. The van der Waals surface area contributed by atoms with Gasteiger partial charge in [0, 0.05) is 24.5 Å². The Hall–Kier alpha value is -1.16. The van der Waals surface area contributed by atoms with Crippen molar-refractivity contribution >= 4 is 5.95 Å². The maximum Gasteiger partial charge on any atom is 0.223 e. The minimum atomic E-state index is 0.378. The van der Waals surface area contributed by atoms with Gasteiger partial charge in [0.1, 0.15) is 0 Å². The molecule has 1 fully saturated rings. The van der Waals surface area contributed by atoms with Crippen LogP contribution in [0.4, 0.5) is 5.95 Å². The van der Waals surface area contributed by atoms with Crippen molar-refractivity contribution in [2.45, 2.75) is 65.5 Å². The van der Waals surface area contributed by atoms with E-state index in [0.29, 0.717) is 18.1 Å². The zero-order valence-electron chi connectivity index (χ0n) is 13.1. The Labute approximate surface area is 122 Å². The van der Waals surface area contributed by atoms with Crippen LogP contribution in [0.5, 0.6) is 0 Å². The summed E-state index contributed by atoms with van der Waals surface area (Å²) in [5.41, 5.74) is 2.18. The lowest BCUT2D eigenvalue weighted by Gasteiger charge is -2.34. The Morgan fingerprint density at radius 1 is 1.35 bits per heavy atom. The first-order chi connectivity index (χ1) is 9.63. The number of aryl methyl sites for hydroxylation is 2. The first kappa shape index (κ1) is 15.2. The molecule has 1 aromatic heterocycles. The number of hydrogen-bond acceptors (Lipinski definition) is 4. The van der Waals surface area contributed by atoms with E-state index < -0.39 is 0 Å². The van der Waals surface area contributed by atoms with Crippen molar-refractivity contribution in [3.63, 3.8) is 0 Å². The first-order valence-electron chi connectivity index (χ1n) is 7.82. The molecule has 2 rings (SSSR count). The Bertz CT molecular complexity index is 432. The molecule has 2 heterocycles. The van der Waals surface area contributed by atoms with Gasteiger partial charge in [-0.15, -0.1) is 0 Å². The zero-order chi connectivity index (χ0) is 14.5. The van der Waals surface area contributed by atoms with Crippen LogP contribution in [0.2, 0.25) is 0 Å². The highest BCUT2D eigenvalue weighted by Gasteiger charge is 2.27. The molecule has 0 aromatic carbocycles. The van der Waals surface area contributed by atoms with E-state index in [0.717, 1.165) is 36.7 Å². The number of nitrogens with zero attached hydrogens (tertiary/aromatic N) is 2. The largest absolute Gasteiger partial charge is 0.378 e. The molecule has 0 saturated carbocycles. The number of nitrogens with one attached hydrogen (secondary N) is 1. The molecule has 0 radical (unpaired) electrons. The van der Waals surface area contributed by atoms with Gasteiger partial charge in [-0.05, 0) is 38.2 Å². The van der Waals surface area contributed by atoms with Crippen molar-refractivity contribution in [3.05, 3.63) is 17.5 Å². The molecular weight excluding hydrogens is 250 g/mol. The van der Waals surface area contributed by atoms with Gasteiger partial charge in [0.15, 0.2) is 0 Å². The molecule has 1 aliphatic heterocycles. The zero-order valence-corrected chi connectivity index (χ0v) is 13.1. The highest BCUT2D eigenvalue weighted by molar-refractivity contribution is 5.29. The molecule has 2 unspecified atom stereocenters. The smallest absolute Gasteiger partial charge is 0.223 e. The van der Waals surface area contributed by atoms with E-state index in [2.05, 4.69) is 29.1 Å². The van der Waals surface area contributed by atoms with Crippen LogP contribution in [0, 0.1) is 19.8 Å². The van der Waals surface area contributed by atoms with Crippen LogP contribution in [-0.4, -0.2) is 28.7 Å². The maximum absolute atomic E-state index is 5.95. The summed E-state index contributed by atoms with van der Waals surface area (Å²) in [5.74, 6) is 1.42. The van der Waals surface area contributed by atoms with Gasteiger partial charge in [0.05, 0.1) is 6.10 Å². The van der Waals surface area contributed by atoms with Gasteiger partial charge < -0.3 is 10.1 Å². The van der Waals surface area contributed by atoms with E-state index >= 15 is 0 Å². The summed E-state index contributed by atoms with van der Waals surface area (Å²) in [6, 6.07) is 0.427. The van der Waals surface area contributed by atoms with Crippen molar-refractivity contribution in [3.8, 4) is 0 Å². The second kappa shape index (κ2) is 7.02. The van der Waals surface area contributed by atoms with E-state index in [9.17, 15) is 0 Å². The van der Waals surface area contributed by atoms with E-state index in [1.54, 1.807) is 0 Å². The molecule has 112 valence electrons. The maximum atomic E-state index is 5.95. The fourth-order valence-electron chi connectivity index (χ4n) is 2.88. The number of ether oxygens (including phenoxy) is 1. The summed E-state index contributed by atoms with van der Waals surface area (Å²) in [4.78, 5) is 8.89. The fourth-order valence-corrected chi connectivity index (χ4v) is 2.88. The topological polar surface area (TPSA) is 47.0 Å². The van der Waals surface area contributed by atoms with E-state index in [4.69, 9.17) is 4.74 Å². The predicted molar refractivity (Wildman–Crippen MR) is 82.0 cm³/mol. The molecule has 0 amide bonds. The second-order valence-electron chi connectivity index (χ2n) is 5.81. The van der Waals surface area contributed by atoms with Crippen molar-refractivity contribution in [1.29, 1.82) is 0 Å². The number of aromatic nitrogens is 2. The van der Waals surface area contributed by atoms with E-state index in [-0.39, 0.29) is 0 Å². The van der Waals surface area contributed by atoms with Crippen molar-refractivity contribution in [2.24, 2.45) is 5.92 Å². The van der Waals surface area contributed by atoms with Crippen LogP contribution >= 0.6 is 0 Å². The van der Waals surface area contributed by atoms with Gasteiger partial charge in [-0.1, -0.05) is 26.7 Å². The first-order valence-corrected chi connectivity index (χ1v) is 7.82. The molecule has 1 aliphatic rings. The summed E-state index contributed by atoms with van der Waals surface area (Å²) in [7, 11) is 0. The Balaban J connectivity index is 1.97. The molecule has 20 heavy (non-hydrogen) atoms. The van der Waals surface area contributed by atoms with Crippen LogP contribution in [0.15, 0.2) is 6.20 Å². The van der Waals surface area contributed by atoms with Gasteiger partial charge in [-0.3, -0.25) is 0 Å². The highest BCUT2D eigenvalue weighted by atomic mass is 16.5.